The predicted octanol–water partition coefficient (Wildman–Crippen LogP) is 15.7. The molecular formula is C60H40N2O. The van der Waals surface area contributed by atoms with Crippen LogP contribution in [0.3, 0.4) is 0 Å². The second kappa shape index (κ2) is 14.8. The van der Waals surface area contributed by atoms with Crippen molar-refractivity contribution in [1.82, 2.24) is 9.97 Å². The fraction of sp³-hybridized carbons (Fsp3) is 0.0333. The molecule has 2 aromatic heterocycles. The summed E-state index contributed by atoms with van der Waals surface area (Å²) >= 11 is 0. The standard InChI is InChI=1S/C60H40N2O/c1-60(47-18-9-4-10-19-47)52-22-13-21-48(41-14-5-2-6-15-41)58(52)50-34-32-46(37-53(50)60)40-26-30-43(31-27-40)55-38-54(61-59(62-55)44-16-7-3-8-17-44)42-28-24-39(25-29-42)45-33-35-57-51(36-45)49-20-11-12-23-56(49)63-57/h2-38H,1H3. The Hall–Kier alpha value is -8.14. The van der Waals surface area contributed by atoms with Gasteiger partial charge in [-0.1, -0.05) is 194 Å². The first-order valence-corrected chi connectivity index (χ1v) is 21.6. The number of para-hydroxylation sites is 1. The third-order valence-corrected chi connectivity index (χ3v) is 13.0. The van der Waals surface area contributed by atoms with Crippen LogP contribution >= 0.6 is 0 Å². The minimum absolute atomic E-state index is 0.321. The maximum Gasteiger partial charge on any atom is 0.160 e. The zero-order chi connectivity index (χ0) is 41.9. The van der Waals surface area contributed by atoms with E-state index in [9.17, 15) is 0 Å². The zero-order valence-electron chi connectivity index (χ0n) is 34.7. The summed E-state index contributed by atoms with van der Waals surface area (Å²) in [4.78, 5) is 10.3. The highest BCUT2D eigenvalue weighted by molar-refractivity contribution is 6.06. The van der Waals surface area contributed by atoms with Gasteiger partial charge in [-0.05, 0) is 98.5 Å². The van der Waals surface area contributed by atoms with Crippen molar-refractivity contribution in [3.8, 4) is 78.4 Å². The van der Waals surface area contributed by atoms with Crippen molar-refractivity contribution in [2.45, 2.75) is 12.3 Å². The summed E-state index contributed by atoms with van der Waals surface area (Å²) in [5.41, 5.74) is 19.9. The topological polar surface area (TPSA) is 38.9 Å². The van der Waals surface area contributed by atoms with E-state index in [0.29, 0.717) is 5.82 Å². The molecule has 0 aliphatic heterocycles. The van der Waals surface area contributed by atoms with Crippen molar-refractivity contribution >= 4 is 21.9 Å². The van der Waals surface area contributed by atoms with E-state index in [0.717, 1.165) is 66.7 Å². The van der Waals surface area contributed by atoms with Crippen LogP contribution < -0.4 is 0 Å². The van der Waals surface area contributed by atoms with E-state index >= 15 is 0 Å². The first-order chi connectivity index (χ1) is 31.1. The van der Waals surface area contributed by atoms with Gasteiger partial charge in [0.2, 0.25) is 0 Å². The average molecular weight is 805 g/mol. The van der Waals surface area contributed by atoms with Gasteiger partial charge >= 0.3 is 0 Å². The quantitative estimate of drug-likeness (QED) is 0.161. The van der Waals surface area contributed by atoms with Crippen molar-refractivity contribution in [2.75, 3.05) is 0 Å². The number of hydrogen-bond acceptors (Lipinski definition) is 3. The van der Waals surface area contributed by atoms with Crippen molar-refractivity contribution in [3.63, 3.8) is 0 Å². The van der Waals surface area contributed by atoms with Gasteiger partial charge in [-0.15, -0.1) is 0 Å². The molecule has 1 atom stereocenters. The van der Waals surface area contributed by atoms with Crippen LogP contribution in [0.15, 0.2) is 229 Å². The Labute approximate surface area is 366 Å². The Morgan fingerprint density at radius 2 is 0.889 bits per heavy atom. The van der Waals surface area contributed by atoms with Crippen LogP contribution in [-0.2, 0) is 5.41 Å². The number of furan rings is 1. The van der Waals surface area contributed by atoms with Crippen LogP contribution in [0.1, 0.15) is 23.6 Å². The number of aromatic nitrogens is 2. The number of benzene rings is 9. The molecule has 11 aromatic rings. The number of fused-ring (bicyclic) bond motifs is 6. The highest BCUT2D eigenvalue weighted by atomic mass is 16.3. The van der Waals surface area contributed by atoms with Gasteiger partial charge < -0.3 is 4.42 Å². The van der Waals surface area contributed by atoms with Gasteiger partial charge in [0, 0.05) is 32.9 Å². The highest BCUT2D eigenvalue weighted by Crippen LogP contribution is 2.55. The van der Waals surface area contributed by atoms with E-state index in [2.05, 4.69) is 201 Å². The molecule has 0 spiro atoms. The fourth-order valence-corrected chi connectivity index (χ4v) is 9.73. The molecule has 1 aliphatic carbocycles. The Balaban J connectivity index is 0.909. The fourth-order valence-electron chi connectivity index (χ4n) is 9.73. The molecule has 3 heteroatoms. The Bertz CT molecular complexity index is 3480. The largest absolute Gasteiger partial charge is 0.456 e. The lowest BCUT2D eigenvalue weighted by Gasteiger charge is -2.29. The van der Waals surface area contributed by atoms with Gasteiger partial charge in [0.1, 0.15) is 11.2 Å². The Morgan fingerprint density at radius 1 is 0.349 bits per heavy atom. The molecule has 3 nitrogen and oxygen atoms in total. The molecule has 0 saturated carbocycles. The van der Waals surface area contributed by atoms with E-state index in [-0.39, 0.29) is 5.41 Å². The molecule has 1 aliphatic rings. The SMILES string of the molecule is CC1(c2ccccc2)c2cc(-c3ccc(-c4cc(-c5ccc(-c6ccc7oc8ccccc8c7c6)cc5)nc(-c5ccccc5)n4)cc3)ccc2-c2c(-c3ccccc3)cccc21. The minimum Gasteiger partial charge on any atom is -0.456 e. The molecule has 296 valence electrons. The smallest absolute Gasteiger partial charge is 0.160 e. The summed E-state index contributed by atoms with van der Waals surface area (Å²) in [6.07, 6.45) is 0. The number of rotatable bonds is 7. The van der Waals surface area contributed by atoms with Crippen molar-refractivity contribution in [2.24, 2.45) is 0 Å². The average Bonchev–Trinajstić information content (AvgIpc) is 3.87. The summed E-state index contributed by atoms with van der Waals surface area (Å²) in [5.74, 6) is 0.696. The first kappa shape index (κ1) is 36.7. The monoisotopic (exact) mass is 804 g/mol. The first-order valence-electron chi connectivity index (χ1n) is 21.6. The normalized spacial score (nSPS) is 14.2. The van der Waals surface area contributed by atoms with Crippen LogP contribution in [0.25, 0.3) is 100 Å². The second-order valence-corrected chi connectivity index (χ2v) is 16.6. The molecule has 0 bridgehead atoms. The second-order valence-electron chi connectivity index (χ2n) is 16.6. The molecule has 9 aromatic carbocycles. The third-order valence-electron chi connectivity index (χ3n) is 13.0. The van der Waals surface area contributed by atoms with Gasteiger partial charge in [-0.25, -0.2) is 9.97 Å². The molecule has 0 radical (unpaired) electrons. The lowest BCUT2D eigenvalue weighted by Crippen LogP contribution is -2.22. The van der Waals surface area contributed by atoms with E-state index in [1.54, 1.807) is 0 Å². The van der Waals surface area contributed by atoms with Crippen LogP contribution in [0.5, 0.6) is 0 Å². The third kappa shape index (κ3) is 6.20. The minimum atomic E-state index is -0.321. The van der Waals surface area contributed by atoms with Crippen molar-refractivity contribution in [3.05, 3.63) is 241 Å². The number of nitrogens with zero attached hydrogens (tertiary/aromatic N) is 2. The maximum atomic E-state index is 6.10. The summed E-state index contributed by atoms with van der Waals surface area (Å²) in [7, 11) is 0. The van der Waals surface area contributed by atoms with Crippen LogP contribution in [0, 0.1) is 0 Å². The maximum absolute atomic E-state index is 6.10. The van der Waals surface area contributed by atoms with Gasteiger partial charge in [0.15, 0.2) is 5.82 Å². The lowest BCUT2D eigenvalue weighted by atomic mass is 9.73. The molecule has 63 heavy (non-hydrogen) atoms. The van der Waals surface area contributed by atoms with E-state index < -0.39 is 0 Å². The van der Waals surface area contributed by atoms with E-state index in [4.69, 9.17) is 14.4 Å². The summed E-state index contributed by atoms with van der Waals surface area (Å²) in [6, 6.07) is 80.1. The van der Waals surface area contributed by atoms with Gasteiger partial charge in [-0.2, -0.15) is 0 Å². The summed E-state index contributed by atoms with van der Waals surface area (Å²) in [5, 5.41) is 2.25. The molecule has 0 N–H and O–H groups in total. The van der Waals surface area contributed by atoms with Gasteiger partial charge in [0.05, 0.1) is 11.4 Å². The molecule has 1 unspecified atom stereocenters. The lowest BCUT2D eigenvalue weighted by molar-refractivity contribution is 0.669. The number of hydrogen-bond donors (Lipinski definition) is 0. The van der Waals surface area contributed by atoms with Crippen LogP contribution in [-0.4, -0.2) is 9.97 Å². The zero-order valence-corrected chi connectivity index (χ0v) is 34.7. The molecule has 2 heterocycles. The molecule has 0 fully saturated rings. The van der Waals surface area contributed by atoms with Crippen molar-refractivity contribution < 1.29 is 4.42 Å². The Kier molecular flexibility index (Phi) is 8.62. The Morgan fingerprint density at radius 3 is 1.57 bits per heavy atom. The van der Waals surface area contributed by atoms with Crippen LogP contribution in [0.4, 0.5) is 0 Å². The van der Waals surface area contributed by atoms with E-state index in [1.165, 1.54) is 44.5 Å². The molecule has 12 rings (SSSR count). The van der Waals surface area contributed by atoms with Gasteiger partial charge in [-0.3, -0.25) is 0 Å². The van der Waals surface area contributed by atoms with Crippen molar-refractivity contribution in [1.29, 1.82) is 0 Å². The van der Waals surface area contributed by atoms with E-state index in [1.807, 2.05) is 30.3 Å². The predicted molar refractivity (Wildman–Crippen MR) is 259 cm³/mol. The summed E-state index contributed by atoms with van der Waals surface area (Å²) < 4.78 is 6.10. The molecule has 0 amide bonds. The van der Waals surface area contributed by atoms with Crippen LogP contribution in [0.2, 0.25) is 0 Å². The summed E-state index contributed by atoms with van der Waals surface area (Å²) in [6.45, 7) is 2.39. The van der Waals surface area contributed by atoms with Gasteiger partial charge in [0.25, 0.3) is 0 Å². The highest BCUT2D eigenvalue weighted by Gasteiger charge is 2.42. The molecular weight excluding hydrogens is 765 g/mol. The molecule has 0 saturated heterocycles.